The van der Waals surface area contributed by atoms with Gasteiger partial charge in [-0.15, -0.1) is 11.6 Å². The van der Waals surface area contributed by atoms with Gasteiger partial charge < -0.3 is 9.64 Å². The molecular weight excluding hydrogens is 298 g/mol. The van der Waals surface area contributed by atoms with Crippen LogP contribution < -0.4 is 0 Å². The highest BCUT2D eigenvalue weighted by atomic mass is 35.5. The summed E-state index contributed by atoms with van der Waals surface area (Å²) in [6.07, 6.45) is 6.42. The monoisotopic (exact) mass is 329 g/mol. The van der Waals surface area contributed by atoms with E-state index in [1.54, 1.807) is 0 Å². The van der Waals surface area contributed by atoms with Crippen LogP contribution in [0.5, 0.6) is 0 Å². The van der Waals surface area contributed by atoms with Gasteiger partial charge in [0.1, 0.15) is 5.88 Å². The number of amides is 1. The molecular formula is C18H32ClNO2. The molecule has 0 N–H and O–H groups in total. The van der Waals surface area contributed by atoms with Crippen LogP contribution in [-0.4, -0.2) is 36.4 Å². The number of hydrogen-bond acceptors (Lipinski definition) is 2. The molecule has 0 aromatic rings. The smallest absolute Gasteiger partial charge is 0.241 e. The molecule has 1 aliphatic rings. The minimum absolute atomic E-state index is 0.0160. The fraction of sp³-hybridized carbons (Fsp3) is 0.833. The highest BCUT2D eigenvalue weighted by Crippen LogP contribution is 2.40. The van der Waals surface area contributed by atoms with Gasteiger partial charge in [0.25, 0.3) is 0 Å². The first-order chi connectivity index (χ1) is 10.4. The molecule has 1 rings (SSSR count). The number of rotatable bonds is 9. The molecule has 0 aromatic heterocycles. The highest BCUT2D eigenvalue weighted by molar-refractivity contribution is 6.27. The van der Waals surface area contributed by atoms with Crippen LogP contribution in [0.25, 0.3) is 0 Å². The molecule has 3 nitrogen and oxygen atoms in total. The van der Waals surface area contributed by atoms with E-state index in [-0.39, 0.29) is 17.2 Å². The largest absolute Gasteiger partial charge is 0.381 e. The Hall–Kier alpha value is -0.540. The van der Waals surface area contributed by atoms with Crippen LogP contribution in [0.3, 0.4) is 0 Å². The van der Waals surface area contributed by atoms with Crippen LogP contribution >= 0.6 is 11.6 Å². The van der Waals surface area contributed by atoms with Crippen LogP contribution in [0.4, 0.5) is 0 Å². The summed E-state index contributed by atoms with van der Waals surface area (Å²) in [6.45, 7) is 11.1. The highest BCUT2D eigenvalue weighted by Gasteiger charge is 2.30. The molecule has 128 valence electrons. The fourth-order valence-electron chi connectivity index (χ4n) is 2.96. The summed E-state index contributed by atoms with van der Waals surface area (Å²) in [4.78, 5) is 14.2. The lowest BCUT2D eigenvalue weighted by molar-refractivity contribution is -0.127. The van der Waals surface area contributed by atoms with Gasteiger partial charge in [-0.05, 0) is 50.0 Å². The number of nitrogens with zero attached hydrogens (tertiary/aromatic N) is 1. The summed E-state index contributed by atoms with van der Waals surface area (Å²) in [6, 6.07) is 0. The van der Waals surface area contributed by atoms with E-state index in [0.29, 0.717) is 13.2 Å². The molecule has 0 fully saturated rings. The molecule has 0 radical (unpaired) electrons. The van der Waals surface area contributed by atoms with Gasteiger partial charge in [0.15, 0.2) is 0 Å². The van der Waals surface area contributed by atoms with Crippen molar-refractivity contribution < 1.29 is 9.53 Å². The van der Waals surface area contributed by atoms with Crippen molar-refractivity contribution in [2.24, 2.45) is 5.41 Å². The van der Waals surface area contributed by atoms with E-state index in [1.165, 1.54) is 17.7 Å². The third-order valence-corrected chi connectivity index (χ3v) is 4.95. The van der Waals surface area contributed by atoms with Crippen molar-refractivity contribution in [3.63, 3.8) is 0 Å². The molecule has 22 heavy (non-hydrogen) atoms. The first kappa shape index (κ1) is 19.5. The summed E-state index contributed by atoms with van der Waals surface area (Å²) in [5.74, 6) is 0.0655. The zero-order valence-corrected chi connectivity index (χ0v) is 15.5. The third kappa shape index (κ3) is 5.58. The predicted octanol–water partition coefficient (Wildman–Crippen LogP) is 4.74. The maximum atomic E-state index is 12.3. The van der Waals surface area contributed by atoms with Gasteiger partial charge in [-0.1, -0.05) is 27.2 Å². The Bertz CT molecular complexity index is 391. The topological polar surface area (TPSA) is 29.5 Å². The first-order valence-electron chi connectivity index (χ1n) is 8.58. The second kappa shape index (κ2) is 9.57. The number of ether oxygens (including phenoxy) is 1. The van der Waals surface area contributed by atoms with Gasteiger partial charge in [-0.25, -0.2) is 0 Å². The Kier molecular flexibility index (Phi) is 8.48. The van der Waals surface area contributed by atoms with Gasteiger partial charge in [0, 0.05) is 25.5 Å². The lowest BCUT2D eigenvalue weighted by Crippen LogP contribution is -2.36. The molecule has 0 saturated heterocycles. The lowest BCUT2D eigenvalue weighted by Gasteiger charge is -2.38. The summed E-state index contributed by atoms with van der Waals surface area (Å²) in [5.41, 5.74) is 2.70. The van der Waals surface area contributed by atoms with Crippen molar-refractivity contribution in [2.75, 3.05) is 25.6 Å². The normalized spacial score (nSPS) is 17.7. The molecule has 0 atom stereocenters. The Morgan fingerprint density at radius 1 is 1.32 bits per heavy atom. The van der Waals surface area contributed by atoms with Crippen molar-refractivity contribution in [1.82, 2.24) is 4.90 Å². The number of hydrogen-bond donors (Lipinski definition) is 0. The van der Waals surface area contributed by atoms with Gasteiger partial charge >= 0.3 is 0 Å². The number of allylic oxidation sites excluding steroid dienone is 2. The minimum Gasteiger partial charge on any atom is -0.381 e. The van der Waals surface area contributed by atoms with E-state index < -0.39 is 0 Å². The van der Waals surface area contributed by atoms with Crippen molar-refractivity contribution in [1.29, 1.82) is 0 Å². The van der Waals surface area contributed by atoms with Crippen LogP contribution in [0, 0.1) is 5.41 Å². The molecule has 0 unspecified atom stereocenters. The summed E-state index contributed by atoms with van der Waals surface area (Å²) < 4.78 is 5.61. The van der Waals surface area contributed by atoms with Crippen LogP contribution in [-0.2, 0) is 9.53 Å². The fourth-order valence-corrected chi connectivity index (χ4v) is 3.10. The summed E-state index contributed by atoms with van der Waals surface area (Å²) >= 11 is 5.82. The minimum atomic E-state index is 0.0160. The van der Waals surface area contributed by atoms with Crippen LogP contribution in [0.1, 0.15) is 66.2 Å². The van der Waals surface area contributed by atoms with E-state index in [1.807, 2.05) is 4.90 Å². The second-order valence-corrected chi connectivity index (χ2v) is 7.07. The average Bonchev–Trinajstić information content (AvgIpc) is 2.49. The van der Waals surface area contributed by atoms with Gasteiger partial charge in [0.2, 0.25) is 5.91 Å². The standard InChI is InChI=1S/C18H32ClNO2/c1-5-6-12-22-13-8-11-20(17(21)14-19)16-9-7-10-18(3,4)15(16)2/h5-14H2,1-4H3. The Labute approximate surface area is 141 Å². The van der Waals surface area contributed by atoms with Gasteiger partial charge in [-0.2, -0.15) is 0 Å². The molecule has 0 spiro atoms. The quantitative estimate of drug-likeness (QED) is 0.451. The van der Waals surface area contributed by atoms with Crippen LogP contribution in [0.2, 0.25) is 0 Å². The maximum absolute atomic E-state index is 12.3. The van der Waals surface area contributed by atoms with E-state index >= 15 is 0 Å². The molecule has 0 heterocycles. The zero-order chi connectivity index (χ0) is 16.6. The predicted molar refractivity (Wildman–Crippen MR) is 93.1 cm³/mol. The number of unbranched alkanes of at least 4 members (excludes halogenated alkanes) is 1. The number of carbonyl (C=O) groups excluding carboxylic acids is 1. The number of carbonyl (C=O) groups is 1. The van der Waals surface area contributed by atoms with Crippen molar-refractivity contribution in [3.05, 3.63) is 11.3 Å². The van der Waals surface area contributed by atoms with Crippen molar-refractivity contribution >= 4 is 17.5 Å². The SMILES string of the molecule is CCCCOCCCN(C(=O)CCl)C1=C(C)C(C)(C)CCC1. The van der Waals surface area contributed by atoms with Crippen molar-refractivity contribution in [2.45, 2.75) is 66.2 Å². The number of alkyl halides is 1. The molecule has 0 aliphatic heterocycles. The van der Waals surface area contributed by atoms with E-state index in [9.17, 15) is 4.79 Å². The van der Waals surface area contributed by atoms with E-state index in [2.05, 4.69) is 27.7 Å². The zero-order valence-electron chi connectivity index (χ0n) is 14.7. The first-order valence-corrected chi connectivity index (χ1v) is 9.11. The second-order valence-electron chi connectivity index (χ2n) is 6.81. The molecule has 0 bridgehead atoms. The average molecular weight is 330 g/mol. The molecule has 1 amide bonds. The van der Waals surface area contributed by atoms with Gasteiger partial charge in [-0.3, -0.25) is 4.79 Å². The lowest BCUT2D eigenvalue weighted by atomic mass is 9.75. The van der Waals surface area contributed by atoms with Crippen molar-refractivity contribution in [3.8, 4) is 0 Å². The molecule has 1 aliphatic carbocycles. The Balaban J connectivity index is 2.67. The Morgan fingerprint density at radius 2 is 2.00 bits per heavy atom. The van der Waals surface area contributed by atoms with Gasteiger partial charge in [0.05, 0.1) is 0 Å². The van der Waals surface area contributed by atoms with E-state index in [0.717, 1.165) is 38.7 Å². The molecule has 0 saturated carbocycles. The summed E-state index contributed by atoms with van der Waals surface area (Å²) in [7, 11) is 0. The van der Waals surface area contributed by atoms with E-state index in [4.69, 9.17) is 16.3 Å². The number of halogens is 1. The maximum Gasteiger partial charge on any atom is 0.241 e. The molecule has 4 heteroatoms. The Morgan fingerprint density at radius 3 is 2.64 bits per heavy atom. The van der Waals surface area contributed by atoms with Crippen LogP contribution in [0.15, 0.2) is 11.3 Å². The summed E-state index contributed by atoms with van der Waals surface area (Å²) in [5, 5.41) is 0. The third-order valence-electron chi connectivity index (χ3n) is 4.72. The molecule has 0 aromatic carbocycles.